The Bertz CT molecular complexity index is 1550. The molecule has 2 aromatic carbocycles. The number of nitrogens with zero attached hydrogens (tertiary/aromatic N) is 7. The molecule has 1 aliphatic rings. The molecule has 11 nitrogen and oxygen atoms in total. The zero-order valence-corrected chi connectivity index (χ0v) is 23.1. The average molecular weight is 589 g/mol. The van der Waals surface area contributed by atoms with Gasteiger partial charge in [-0.25, -0.2) is 23.4 Å². The van der Waals surface area contributed by atoms with Gasteiger partial charge in [-0.3, -0.25) is 9.62 Å². The van der Waals surface area contributed by atoms with E-state index in [0.29, 0.717) is 32.7 Å². The van der Waals surface area contributed by atoms with Gasteiger partial charge in [0.2, 0.25) is 5.88 Å². The van der Waals surface area contributed by atoms with E-state index in [1.54, 1.807) is 11.0 Å². The topological polar surface area (TPSA) is 118 Å². The third-order valence-corrected chi connectivity index (χ3v) is 8.62. The average Bonchev–Trinajstić information content (AvgIpc) is 3.49. The lowest BCUT2D eigenvalue weighted by Crippen LogP contribution is -2.49. The molecule has 0 aliphatic carbocycles. The van der Waals surface area contributed by atoms with Gasteiger partial charge < -0.3 is 4.74 Å². The number of hydrogen-bond donors (Lipinski definition) is 1. The quantitative estimate of drug-likeness (QED) is 0.220. The van der Waals surface area contributed by atoms with E-state index in [4.69, 9.17) is 4.74 Å². The number of anilines is 1. The third kappa shape index (κ3) is 6.72. The number of hydrogen-bond acceptors (Lipinski definition) is 9. The van der Waals surface area contributed by atoms with Crippen LogP contribution in [0.5, 0.6) is 5.88 Å². The van der Waals surface area contributed by atoms with E-state index in [-0.39, 0.29) is 28.2 Å². The Hall–Kier alpha value is -3.66. The number of thioether (sulfide) groups is 1. The van der Waals surface area contributed by atoms with Crippen LogP contribution in [-0.4, -0.2) is 75.6 Å². The zero-order valence-electron chi connectivity index (χ0n) is 21.4. The maximum absolute atomic E-state index is 14.0. The summed E-state index contributed by atoms with van der Waals surface area (Å²) in [7, 11) is -2.52. The molecule has 0 unspecified atom stereocenters. The maximum Gasteiger partial charge on any atom is 0.302 e. The van der Waals surface area contributed by atoms with Crippen LogP contribution in [0.2, 0.25) is 0 Å². The van der Waals surface area contributed by atoms with Crippen molar-refractivity contribution in [1.29, 1.82) is 0 Å². The minimum Gasteiger partial charge on any atom is -0.481 e. The normalized spacial score (nSPS) is 14.8. The predicted octanol–water partition coefficient (Wildman–Crippen LogP) is 3.11. The summed E-state index contributed by atoms with van der Waals surface area (Å²) in [6, 6.07) is 13.2. The highest BCUT2D eigenvalue weighted by atomic mass is 32.2. The van der Waals surface area contributed by atoms with Crippen LogP contribution in [0.15, 0.2) is 66.3 Å². The Balaban J connectivity index is 1.18. The summed E-state index contributed by atoms with van der Waals surface area (Å²) < 4.78 is 64.5. The number of benzene rings is 2. The summed E-state index contributed by atoms with van der Waals surface area (Å²) >= 11 is 1.03. The van der Waals surface area contributed by atoms with Crippen molar-refractivity contribution in [3.63, 3.8) is 0 Å². The van der Waals surface area contributed by atoms with Crippen molar-refractivity contribution < 1.29 is 21.9 Å². The van der Waals surface area contributed by atoms with Gasteiger partial charge in [-0.1, -0.05) is 36.0 Å². The molecular weight excluding hydrogens is 562 g/mol. The summed E-state index contributed by atoms with van der Waals surface area (Å²) in [6.45, 7) is 2.40. The molecule has 0 bridgehead atoms. The van der Waals surface area contributed by atoms with Crippen LogP contribution in [0.25, 0.3) is 5.69 Å². The fraction of sp³-hybridized carbons (Fsp3) is 0.280. The van der Waals surface area contributed by atoms with Gasteiger partial charge in [-0.2, -0.15) is 22.8 Å². The van der Waals surface area contributed by atoms with Gasteiger partial charge in [-0.15, -0.1) is 0 Å². The standard InChI is InChI=1S/C25H26F2N8O3S2/c1-38-23-13-22(30-25(31-23)39-15-19-3-2-4-21(26)24(19)27)32-40(36,37)34-11-9-33(10-12-34)14-18-5-7-20(8-6-18)35-17-28-16-29-35/h2-8,13,16-17H,9-12,14-15H2,1H3,(H,30,31,32). The monoisotopic (exact) mass is 588 g/mol. The summed E-state index contributed by atoms with van der Waals surface area (Å²) in [4.78, 5) is 14.6. The first-order chi connectivity index (χ1) is 19.3. The van der Waals surface area contributed by atoms with E-state index in [9.17, 15) is 17.2 Å². The van der Waals surface area contributed by atoms with Gasteiger partial charge in [0.25, 0.3) is 0 Å². The Labute approximate surface area is 234 Å². The van der Waals surface area contributed by atoms with E-state index in [0.717, 1.165) is 29.1 Å². The lowest BCUT2D eigenvalue weighted by atomic mass is 10.2. The zero-order chi connectivity index (χ0) is 28.1. The highest BCUT2D eigenvalue weighted by molar-refractivity contribution is 7.98. The van der Waals surface area contributed by atoms with Crippen molar-refractivity contribution in [3.05, 3.63) is 83.9 Å². The van der Waals surface area contributed by atoms with Gasteiger partial charge in [0.05, 0.1) is 12.8 Å². The molecule has 15 heteroatoms. The van der Waals surface area contributed by atoms with Crippen LogP contribution in [0.4, 0.5) is 14.6 Å². The molecule has 0 amide bonds. The van der Waals surface area contributed by atoms with Crippen molar-refractivity contribution in [2.45, 2.75) is 17.5 Å². The second kappa shape index (κ2) is 12.2. The number of nitrogens with one attached hydrogen (secondary N) is 1. The lowest BCUT2D eigenvalue weighted by molar-refractivity contribution is 0.182. The highest BCUT2D eigenvalue weighted by Gasteiger charge is 2.28. The Morgan fingerprint density at radius 3 is 2.52 bits per heavy atom. The number of ether oxygens (including phenoxy) is 1. The minimum absolute atomic E-state index is 0.0176. The molecule has 3 heterocycles. The predicted molar refractivity (Wildman–Crippen MR) is 145 cm³/mol. The van der Waals surface area contributed by atoms with E-state index in [1.165, 1.54) is 35.9 Å². The smallest absolute Gasteiger partial charge is 0.302 e. The first-order valence-electron chi connectivity index (χ1n) is 12.2. The first kappa shape index (κ1) is 27.9. The van der Waals surface area contributed by atoms with Gasteiger partial charge >= 0.3 is 10.2 Å². The van der Waals surface area contributed by atoms with E-state index in [1.807, 2.05) is 24.3 Å². The number of methoxy groups -OCH3 is 1. The van der Waals surface area contributed by atoms with E-state index in [2.05, 4.69) is 29.7 Å². The molecule has 1 N–H and O–H groups in total. The molecule has 1 saturated heterocycles. The molecule has 1 aliphatic heterocycles. The fourth-order valence-electron chi connectivity index (χ4n) is 4.11. The molecule has 5 rings (SSSR count). The molecule has 4 aromatic rings. The molecule has 1 fully saturated rings. The van der Waals surface area contributed by atoms with Crippen molar-refractivity contribution in [3.8, 4) is 11.6 Å². The summed E-state index contributed by atoms with van der Waals surface area (Å²) in [5.74, 6) is -1.69. The van der Waals surface area contributed by atoms with Crippen molar-refractivity contribution in [1.82, 2.24) is 33.9 Å². The minimum atomic E-state index is -3.91. The van der Waals surface area contributed by atoms with Gasteiger partial charge in [0, 0.05) is 50.1 Å². The molecule has 2 aromatic heterocycles. The van der Waals surface area contributed by atoms with Gasteiger partial charge in [0.1, 0.15) is 18.5 Å². The van der Waals surface area contributed by atoms with E-state index < -0.39 is 21.8 Å². The molecule has 0 radical (unpaired) electrons. The Kier molecular flexibility index (Phi) is 8.54. The molecule has 0 spiro atoms. The van der Waals surface area contributed by atoms with Crippen LogP contribution in [-0.2, 0) is 22.5 Å². The summed E-state index contributed by atoms with van der Waals surface area (Å²) in [5, 5.41) is 4.27. The largest absolute Gasteiger partial charge is 0.481 e. The van der Waals surface area contributed by atoms with Crippen LogP contribution in [0.3, 0.4) is 0 Å². The molecular formula is C25H26F2N8O3S2. The maximum atomic E-state index is 14.0. The molecule has 40 heavy (non-hydrogen) atoms. The van der Waals surface area contributed by atoms with Crippen LogP contribution in [0.1, 0.15) is 11.1 Å². The van der Waals surface area contributed by atoms with Crippen LogP contribution in [0, 0.1) is 11.6 Å². The highest BCUT2D eigenvalue weighted by Crippen LogP contribution is 2.26. The number of halogens is 2. The number of aromatic nitrogens is 5. The number of rotatable bonds is 10. The SMILES string of the molecule is COc1cc(NS(=O)(=O)N2CCN(Cc3ccc(-n4cncn4)cc3)CC2)nc(SCc2cccc(F)c2F)n1. The first-order valence-corrected chi connectivity index (χ1v) is 14.7. The lowest BCUT2D eigenvalue weighted by Gasteiger charge is -2.33. The van der Waals surface area contributed by atoms with Crippen molar-refractivity contribution in [2.75, 3.05) is 38.0 Å². The van der Waals surface area contributed by atoms with Crippen molar-refractivity contribution in [2.24, 2.45) is 0 Å². The van der Waals surface area contributed by atoms with Crippen molar-refractivity contribution >= 4 is 27.8 Å². The molecule has 0 saturated carbocycles. The van der Waals surface area contributed by atoms with Gasteiger partial charge in [0.15, 0.2) is 16.8 Å². The Morgan fingerprint density at radius 2 is 1.82 bits per heavy atom. The van der Waals surface area contributed by atoms with Crippen LogP contribution < -0.4 is 9.46 Å². The van der Waals surface area contributed by atoms with Crippen LogP contribution >= 0.6 is 11.8 Å². The third-order valence-electron chi connectivity index (χ3n) is 6.21. The fourth-order valence-corrected chi connectivity index (χ4v) is 6.07. The summed E-state index contributed by atoms with van der Waals surface area (Å²) in [6.07, 6.45) is 3.11. The Morgan fingerprint density at radius 1 is 1.05 bits per heavy atom. The molecule has 0 atom stereocenters. The van der Waals surface area contributed by atoms with E-state index >= 15 is 0 Å². The summed E-state index contributed by atoms with van der Waals surface area (Å²) in [5.41, 5.74) is 2.16. The number of piperazine rings is 1. The van der Waals surface area contributed by atoms with Gasteiger partial charge in [-0.05, 0) is 23.8 Å². The second-order valence-electron chi connectivity index (χ2n) is 8.87. The second-order valence-corrected chi connectivity index (χ2v) is 11.5. The molecule has 210 valence electrons.